The van der Waals surface area contributed by atoms with Crippen molar-refractivity contribution in [2.75, 3.05) is 19.8 Å². The molecule has 0 aliphatic carbocycles. The summed E-state index contributed by atoms with van der Waals surface area (Å²) >= 11 is 0. The van der Waals surface area contributed by atoms with Crippen molar-refractivity contribution in [2.45, 2.75) is 20.3 Å². The highest BCUT2D eigenvalue weighted by molar-refractivity contribution is 5.96. The van der Waals surface area contributed by atoms with E-state index in [9.17, 15) is 4.79 Å². The Morgan fingerprint density at radius 1 is 1.03 bits per heavy atom. The number of ether oxygens (including phenoxy) is 2. The molecule has 1 amide bonds. The summed E-state index contributed by atoms with van der Waals surface area (Å²) < 4.78 is 19.0. The lowest BCUT2D eigenvalue weighted by molar-refractivity contribution is 0.0953. The van der Waals surface area contributed by atoms with Gasteiger partial charge in [0.05, 0.1) is 11.3 Å². The maximum absolute atomic E-state index is 12.9. The Bertz CT molecular complexity index is 1290. The van der Waals surface area contributed by atoms with Crippen molar-refractivity contribution in [1.29, 1.82) is 0 Å². The highest BCUT2D eigenvalue weighted by atomic mass is 16.6. The summed E-state index contributed by atoms with van der Waals surface area (Å²) in [6.07, 6.45) is 2.23. The standard InChI is InChI=1S/C26H25N3O4/c1-17-14-22(18(2)29(17)21-8-9-23-24(15-21)32-13-12-31-23)25(30)27-11-10-20-16-33-26(28-20)19-6-4-3-5-7-19/h3-9,14-16H,10-13H2,1-2H3,(H,27,30). The number of hydrogen-bond acceptors (Lipinski definition) is 5. The highest BCUT2D eigenvalue weighted by Crippen LogP contribution is 2.33. The van der Waals surface area contributed by atoms with Crippen LogP contribution in [-0.4, -0.2) is 35.2 Å². The summed E-state index contributed by atoms with van der Waals surface area (Å²) in [6, 6.07) is 17.5. The number of carbonyl (C=O) groups is 1. The Balaban J connectivity index is 1.26. The lowest BCUT2D eigenvalue weighted by Gasteiger charge is -2.20. The quantitative estimate of drug-likeness (QED) is 0.475. The normalized spacial score (nSPS) is 12.5. The molecule has 1 aliphatic rings. The van der Waals surface area contributed by atoms with Crippen molar-refractivity contribution in [3.05, 3.63) is 83.5 Å². The van der Waals surface area contributed by atoms with Crippen LogP contribution in [0.1, 0.15) is 27.4 Å². The van der Waals surface area contributed by atoms with E-state index in [1.54, 1.807) is 6.26 Å². The molecule has 0 spiro atoms. The molecular weight excluding hydrogens is 418 g/mol. The number of hydrogen-bond donors (Lipinski definition) is 1. The van der Waals surface area contributed by atoms with Gasteiger partial charge in [0.2, 0.25) is 5.89 Å². The third-order valence-electron chi connectivity index (χ3n) is 5.70. The highest BCUT2D eigenvalue weighted by Gasteiger charge is 2.19. The molecule has 33 heavy (non-hydrogen) atoms. The van der Waals surface area contributed by atoms with Gasteiger partial charge in [0.25, 0.3) is 5.91 Å². The maximum Gasteiger partial charge on any atom is 0.253 e. The zero-order valence-electron chi connectivity index (χ0n) is 18.6. The van der Waals surface area contributed by atoms with Crippen molar-refractivity contribution in [3.8, 4) is 28.6 Å². The number of carbonyl (C=O) groups excluding carboxylic acids is 1. The molecule has 0 atom stereocenters. The molecule has 5 rings (SSSR count). The van der Waals surface area contributed by atoms with Crippen LogP contribution in [0.25, 0.3) is 17.1 Å². The van der Waals surface area contributed by atoms with E-state index in [1.807, 2.05) is 68.4 Å². The van der Waals surface area contributed by atoms with Gasteiger partial charge in [-0.15, -0.1) is 0 Å². The number of fused-ring (bicyclic) bond motifs is 1. The Hall–Kier alpha value is -4.00. The van der Waals surface area contributed by atoms with Crippen molar-refractivity contribution in [2.24, 2.45) is 0 Å². The van der Waals surface area contributed by atoms with Gasteiger partial charge in [0.1, 0.15) is 19.5 Å². The number of rotatable bonds is 6. The lowest BCUT2D eigenvalue weighted by atomic mass is 10.2. The summed E-state index contributed by atoms with van der Waals surface area (Å²) in [4.78, 5) is 17.4. The molecule has 0 unspecified atom stereocenters. The summed E-state index contributed by atoms with van der Waals surface area (Å²) in [5.74, 6) is 1.94. The van der Waals surface area contributed by atoms with Gasteiger partial charge in [0.15, 0.2) is 11.5 Å². The maximum atomic E-state index is 12.9. The van der Waals surface area contributed by atoms with Crippen LogP contribution in [0.2, 0.25) is 0 Å². The number of nitrogens with one attached hydrogen (secondary N) is 1. The van der Waals surface area contributed by atoms with Crippen molar-refractivity contribution in [3.63, 3.8) is 0 Å². The Kier molecular flexibility index (Phi) is 5.60. The summed E-state index contributed by atoms with van der Waals surface area (Å²) in [5, 5.41) is 3.00. The van der Waals surface area contributed by atoms with Crippen LogP contribution in [0.5, 0.6) is 11.5 Å². The van der Waals surface area contributed by atoms with Crippen molar-refractivity contribution >= 4 is 5.91 Å². The van der Waals surface area contributed by atoms with Gasteiger partial charge >= 0.3 is 0 Å². The number of amides is 1. The van der Waals surface area contributed by atoms with E-state index in [1.165, 1.54) is 0 Å². The zero-order valence-corrected chi connectivity index (χ0v) is 18.6. The second-order valence-corrected chi connectivity index (χ2v) is 7.96. The van der Waals surface area contributed by atoms with Gasteiger partial charge in [-0.2, -0.15) is 0 Å². The molecule has 168 valence electrons. The van der Waals surface area contributed by atoms with Crippen LogP contribution < -0.4 is 14.8 Å². The minimum Gasteiger partial charge on any atom is -0.486 e. The molecule has 0 radical (unpaired) electrons. The van der Waals surface area contributed by atoms with Gasteiger partial charge in [-0.05, 0) is 44.2 Å². The molecule has 2 aromatic carbocycles. The van der Waals surface area contributed by atoms with Crippen molar-refractivity contribution < 1.29 is 18.7 Å². The van der Waals surface area contributed by atoms with E-state index in [0.29, 0.717) is 37.6 Å². The first kappa shape index (κ1) is 20.9. The zero-order chi connectivity index (χ0) is 22.8. The van der Waals surface area contributed by atoms with E-state index in [-0.39, 0.29) is 5.91 Å². The smallest absolute Gasteiger partial charge is 0.253 e. The predicted molar refractivity (Wildman–Crippen MR) is 124 cm³/mol. The molecule has 3 heterocycles. The van der Waals surface area contributed by atoms with E-state index in [2.05, 4.69) is 14.9 Å². The van der Waals surface area contributed by atoms with Gasteiger partial charge in [-0.3, -0.25) is 4.79 Å². The summed E-state index contributed by atoms with van der Waals surface area (Å²) in [5.41, 5.74) is 5.15. The predicted octanol–water partition coefficient (Wildman–Crippen LogP) is 4.49. The number of benzene rings is 2. The van der Waals surface area contributed by atoms with Crippen LogP contribution in [0, 0.1) is 13.8 Å². The third-order valence-corrected chi connectivity index (χ3v) is 5.70. The van der Waals surface area contributed by atoms with Crippen LogP contribution in [0.15, 0.2) is 65.3 Å². The molecule has 7 heteroatoms. The molecule has 1 aliphatic heterocycles. The molecule has 0 saturated carbocycles. The number of nitrogens with zero attached hydrogens (tertiary/aromatic N) is 2. The lowest BCUT2D eigenvalue weighted by Crippen LogP contribution is -2.26. The first-order chi connectivity index (χ1) is 16.1. The molecule has 0 saturated heterocycles. The fourth-order valence-corrected chi connectivity index (χ4v) is 4.10. The summed E-state index contributed by atoms with van der Waals surface area (Å²) in [7, 11) is 0. The Labute approximate surface area is 192 Å². The molecule has 7 nitrogen and oxygen atoms in total. The first-order valence-corrected chi connectivity index (χ1v) is 11.0. The average molecular weight is 444 g/mol. The third kappa shape index (κ3) is 4.22. The molecule has 0 fully saturated rings. The second-order valence-electron chi connectivity index (χ2n) is 7.96. The van der Waals surface area contributed by atoms with Gasteiger partial charge < -0.3 is 23.8 Å². The van der Waals surface area contributed by atoms with Crippen LogP contribution in [-0.2, 0) is 6.42 Å². The van der Waals surface area contributed by atoms with E-state index >= 15 is 0 Å². The van der Waals surface area contributed by atoms with Gasteiger partial charge in [-0.25, -0.2) is 4.98 Å². The SMILES string of the molecule is Cc1cc(C(=O)NCCc2coc(-c3ccccc3)n2)c(C)n1-c1ccc2c(c1)OCCO2. The van der Waals surface area contributed by atoms with Crippen LogP contribution >= 0.6 is 0 Å². The van der Waals surface area contributed by atoms with Gasteiger partial charge in [0, 0.05) is 41.7 Å². The van der Waals surface area contributed by atoms with E-state index in [4.69, 9.17) is 13.9 Å². The number of aryl methyl sites for hydroxylation is 1. The number of oxazole rings is 1. The average Bonchev–Trinajstić information content (AvgIpc) is 3.43. The van der Waals surface area contributed by atoms with E-state index < -0.39 is 0 Å². The molecule has 2 aromatic heterocycles. The monoisotopic (exact) mass is 443 g/mol. The molecular formula is C26H25N3O4. The summed E-state index contributed by atoms with van der Waals surface area (Å²) in [6.45, 7) is 5.49. The molecule has 0 bridgehead atoms. The first-order valence-electron chi connectivity index (χ1n) is 11.0. The largest absolute Gasteiger partial charge is 0.486 e. The topological polar surface area (TPSA) is 78.5 Å². The number of aromatic nitrogens is 2. The van der Waals surface area contributed by atoms with Crippen LogP contribution in [0.4, 0.5) is 0 Å². The molecule has 4 aromatic rings. The fraction of sp³-hybridized carbons (Fsp3) is 0.231. The minimum atomic E-state index is -0.112. The minimum absolute atomic E-state index is 0.112. The Morgan fingerprint density at radius 2 is 1.82 bits per heavy atom. The van der Waals surface area contributed by atoms with Crippen LogP contribution in [0.3, 0.4) is 0 Å². The van der Waals surface area contributed by atoms with Gasteiger partial charge in [-0.1, -0.05) is 18.2 Å². The Morgan fingerprint density at radius 3 is 2.64 bits per heavy atom. The molecule has 1 N–H and O–H groups in total. The fourth-order valence-electron chi connectivity index (χ4n) is 4.10. The van der Waals surface area contributed by atoms with E-state index in [0.717, 1.165) is 39.8 Å². The second kappa shape index (κ2) is 8.86. The van der Waals surface area contributed by atoms with Crippen molar-refractivity contribution in [1.82, 2.24) is 14.9 Å².